The van der Waals surface area contributed by atoms with Gasteiger partial charge in [0.05, 0.1) is 5.54 Å². The third-order valence-electron chi connectivity index (χ3n) is 2.62. The molecule has 0 aliphatic rings. The third kappa shape index (κ3) is 4.97. The molecule has 1 amide bonds. The lowest BCUT2D eigenvalue weighted by molar-refractivity contribution is -0.138. The second kappa shape index (κ2) is 6.24. The Bertz CT molecular complexity index is 212. The number of likely N-dealkylation sites (N-methyl/N-ethyl adjacent to an activating group) is 1. The van der Waals surface area contributed by atoms with Gasteiger partial charge in [-0.25, -0.2) is 0 Å². The highest BCUT2D eigenvalue weighted by Gasteiger charge is 2.30. The van der Waals surface area contributed by atoms with Crippen LogP contribution in [0.5, 0.6) is 0 Å². The number of carbonyl (C=O) groups is 1. The average molecular weight is 228 g/mol. The van der Waals surface area contributed by atoms with Gasteiger partial charge in [-0.1, -0.05) is 27.7 Å². The molecule has 0 spiro atoms. The summed E-state index contributed by atoms with van der Waals surface area (Å²) in [5.41, 5.74) is -0.468. The van der Waals surface area contributed by atoms with Gasteiger partial charge in [0.25, 0.3) is 0 Å². The van der Waals surface area contributed by atoms with Crippen LogP contribution in [0.4, 0.5) is 0 Å². The number of rotatable bonds is 6. The van der Waals surface area contributed by atoms with E-state index in [2.05, 4.69) is 33.0 Å². The van der Waals surface area contributed by atoms with Gasteiger partial charge in [-0.05, 0) is 32.7 Å². The monoisotopic (exact) mass is 228 g/mol. The van der Waals surface area contributed by atoms with Crippen molar-refractivity contribution in [1.82, 2.24) is 10.2 Å². The number of hydrogen-bond acceptors (Lipinski definition) is 2. The maximum atomic E-state index is 12.3. The van der Waals surface area contributed by atoms with Crippen LogP contribution in [0, 0.1) is 11.8 Å². The van der Waals surface area contributed by atoms with Crippen LogP contribution in [0.3, 0.4) is 0 Å². The summed E-state index contributed by atoms with van der Waals surface area (Å²) in [5, 5.41) is 3.08. The summed E-state index contributed by atoms with van der Waals surface area (Å²) >= 11 is 0. The highest BCUT2D eigenvalue weighted by molar-refractivity contribution is 5.85. The first-order chi connectivity index (χ1) is 7.20. The summed E-state index contributed by atoms with van der Waals surface area (Å²) in [7, 11) is 1.83. The number of nitrogens with zero attached hydrogens (tertiary/aromatic N) is 1. The molecule has 0 aliphatic heterocycles. The number of carbonyl (C=O) groups excluding carboxylic acids is 1. The second-order valence-electron chi connectivity index (χ2n) is 5.87. The van der Waals surface area contributed by atoms with Crippen LogP contribution in [0.1, 0.15) is 41.5 Å². The van der Waals surface area contributed by atoms with E-state index in [1.165, 1.54) is 0 Å². The van der Waals surface area contributed by atoms with Crippen LogP contribution < -0.4 is 5.32 Å². The molecular formula is C13H28N2O. The molecule has 0 aromatic heterocycles. The minimum absolute atomic E-state index is 0.192. The van der Waals surface area contributed by atoms with Crippen molar-refractivity contribution in [3.05, 3.63) is 0 Å². The largest absolute Gasteiger partial charge is 0.341 e. The van der Waals surface area contributed by atoms with Crippen LogP contribution in [0.15, 0.2) is 0 Å². The lowest BCUT2D eigenvalue weighted by Gasteiger charge is -2.34. The predicted molar refractivity (Wildman–Crippen MR) is 69.4 cm³/mol. The van der Waals surface area contributed by atoms with Crippen LogP contribution in [-0.2, 0) is 4.79 Å². The van der Waals surface area contributed by atoms with Gasteiger partial charge in [-0.15, -0.1) is 0 Å². The minimum Gasteiger partial charge on any atom is -0.341 e. The third-order valence-corrected chi connectivity index (χ3v) is 2.62. The molecule has 16 heavy (non-hydrogen) atoms. The number of nitrogens with one attached hydrogen (secondary N) is 1. The van der Waals surface area contributed by atoms with E-state index in [4.69, 9.17) is 0 Å². The molecule has 3 heteroatoms. The smallest absolute Gasteiger partial charge is 0.242 e. The summed E-state index contributed by atoms with van der Waals surface area (Å²) in [6, 6.07) is 0. The van der Waals surface area contributed by atoms with Crippen LogP contribution in [0.25, 0.3) is 0 Å². The molecule has 0 atom stereocenters. The fourth-order valence-electron chi connectivity index (χ4n) is 1.62. The molecule has 1 N–H and O–H groups in total. The molecule has 0 unspecified atom stereocenters. The van der Waals surface area contributed by atoms with Gasteiger partial charge >= 0.3 is 0 Å². The summed E-state index contributed by atoms with van der Waals surface area (Å²) < 4.78 is 0. The van der Waals surface area contributed by atoms with Gasteiger partial charge < -0.3 is 10.2 Å². The van der Waals surface area contributed by atoms with Crippen molar-refractivity contribution in [2.75, 3.05) is 20.1 Å². The van der Waals surface area contributed by atoms with Gasteiger partial charge in [0.15, 0.2) is 0 Å². The topological polar surface area (TPSA) is 32.3 Å². The van der Waals surface area contributed by atoms with Crippen molar-refractivity contribution in [3.63, 3.8) is 0 Å². The molecule has 0 saturated carbocycles. The molecule has 0 rings (SSSR count). The van der Waals surface area contributed by atoms with E-state index < -0.39 is 5.54 Å². The van der Waals surface area contributed by atoms with E-state index in [1.54, 1.807) is 0 Å². The van der Waals surface area contributed by atoms with Gasteiger partial charge in [-0.3, -0.25) is 4.79 Å². The Morgan fingerprint density at radius 1 is 1.12 bits per heavy atom. The van der Waals surface area contributed by atoms with E-state index in [0.717, 1.165) is 13.1 Å². The molecule has 0 aromatic carbocycles. The molecule has 96 valence electrons. The standard InChI is InChI=1S/C13H28N2O/c1-10(2)8-15(9-11(3)4)12(16)13(5,6)14-7/h10-11,14H,8-9H2,1-7H3. The SMILES string of the molecule is CNC(C)(C)C(=O)N(CC(C)C)CC(C)C. The van der Waals surface area contributed by atoms with Crippen LogP contribution >= 0.6 is 0 Å². The van der Waals surface area contributed by atoms with E-state index in [1.807, 2.05) is 25.8 Å². The van der Waals surface area contributed by atoms with Crippen molar-refractivity contribution in [2.45, 2.75) is 47.1 Å². The minimum atomic E-state index is -0.468. The van der Waals surface area contributed by atoms with E-state index >= 15 is 0 Å². The van der Waals surface area contributed by atoms with E-state index in [0.29, 0.717) is 11.8 Å². The zero-order valence-corrected chi connectivity index (χ0v) is 11.9. The molecule has 3 nitrogen and oxygen atoms in total. The fraction of sp³-hybridized carbons (Fsp3) is 0.923. The Morgan fingerprint density at radius 2 is 1.50 bits per heavy atom. The first kappa shape index (κ1) is 15.4. The Balaban J connectivity index is 4.68. The van der Waals surface area contributed by atoms with Gasteiger partial charge in [-0.2, -0.15) is 0 Å². The molecule has 0 heterocycles. The molecule has 0 saturated heterocycles. The van der Waals surface area contributed by atoms with Crippen LogP contribution in [-0.4, -0.2) is 36.5 Å². The lowest BCUT2D eigenvalue weighted by Crippen LogP contribution is -2.54. The Hall–Kier alpha value is -0.570. The average Bonchev–Trinajstić information content (AvgIpc) is 2.14. The summed E-state index contributed by atoms with van der Waals surface area (Å²) in [6.45, 7) is 14.1. The maximum Gasteiger partial charge on any atom is 0.242 e. The molecule has 0 radical (unpaired) electrons. The zero-order valence-electron chi connectivity index (χ0n) is 11.9. The normalized spacial score (nSPS) is 12.3. The molecular weight excluding hydrogens is 200 g/mol. The predicted octanol–water partition coefficient (Wildman–Crippen LogP) is 2.12. The second-order valence-corrected chi connectivity index (χ2v) is 5.87. The number of amides is 1. The van der Waals surface area contributed by atoms with Gasteiger partial charge in [0.1, 0.15) is 0 Å². The van der Waals surface area contributed by atoms with Gasteiger partial charge in [0.2, 0.25) is 5.91 Å². The lowest BCUT2D eigenvalue weighted by atomic mass is 10.0. The van der Waals surface area contributed by atoms with Crippen molar-refractivity contribution in [1.29, 1.82) is 0 Å². The Morgan fingerprint density at radius 3 is 1.75 bits per heavy atom. The first-order valence-electron chi connectivity index (χ1n) is 6.19. The quantitative estimate of drug-likeness (QED) is 0.755. The first-order valence-corrected chi connectivity index (χ1v) is 6.19. The maximum absolute atomic E-state index is 12.3. The zero-order chi connectivity index (χ0) is 12.9. The summed E-state index contributed by atoms with van der Waals surface area (Å²) in [5.74, 6) is 1.21. The van der Waals surface area contributed by atoms with Crippen molar-refractivity contribution < 1.29 is 4.79 Å². The van der Waals surface area contributed by atoms with Gasteiger partial charge in [0, 0.05) is 13.1 Å². The Kier molecular flexibility index (Phi) is 6.01. The highest BCUT2D eigenvalue weighted by atomic mass is 16.2. The molecule has 0 aliphatic carbocycles. The molecule has 0 bridgehead atoms. The van der Waals surface area contributed by atoms with Crippen LogP contribution in [0.2, 0.25) is 0 Å². The highest BCUT2D eigenvalue weighted by Crippen LogP contribution is 2.12. The summed E-state index contributed by atoms with van der Waals surface area (Å²) in [4.78, 5) is 14.3. The van der Waals surface area contributed by atoms with Crippen molar-refractivity contribution in [2.24, 2.45) is 11.8 Å². The van der Waals surface area contributed by atoms with E-state index in [9.17, 15) is 4.79 Å². The fourth-order valence-corrected chi connectivity index (χ4v) is 1.62. The molecule has 0 aromatic rings. The summed E-state index contributed by atoms with van der Waals surface area (Å²) in [6.07, 6.45) is 0. The number of hydrogen-bond donors (Lipinski definition) is 1. The van der Waals surface area contributed by atoms with Crippen molar-refractivity contribution in [3.8, 4) is 0 Å². The molecule has 0 fully saturated rings. The van der Waals surface area contributed by atoms with Crippen molar-refractivity contribution >= 4 is 5.91 Å². The van der Waals surface area contributed by atoms with E-state index in [-0.39, 0.29) is 5.91 Å². The Labute approximate surface area is 101 Å².